The molecule has 0 aromatic heterocycles. The molecule has 0 radical (unpaired) electrons. The van der Waals surface area contributed by atoms with E-state index in [2.05, 4.69) is 5.32 Å². The van der Waals surface area contributed by atoms with Gasteiger partial charge in [0.25, 0.3) is 0 Å². The third-order valence-corrected chi connectivity index (χ3v) is 2.05. The van der Waals surface area contributed by atoms with Gasteiger partial charge in [0.05, 0.1) is 0 Å². The van der Waals surface area contributed by atoms with E-state index in [0.717, 1.165) is 19.3 Å². The number of amides is 1. The highest BCUT2D eigenvalue weighted by Gasteiger charge is 2.23. The van der Waals surface area contributed by atoms with Crippen molar-refractivity contribution in [2.24, 2.45) is 0 Å². The van der Waals surface area contributed by atoms with Crippen molar-refractivity contribution in [2.75, 3.05) is 6.61 Å². The Balaban J connectivity index is 4.00. The molecule has 0 saturated carbocycles. The molecule has 16 heavy (non-hydrogen) atoms. The SMILES string of the molecule is CC(C)(CCCCO)NC(=O)OC(C)(C)C. The summed E-state index contributed by atoms with van der Waals surface area (Å²) in [5, 5.41) is 11.5. The molecule has 0 atom stereocenters. The average Bonchev–Trinajstić information content (AvgIpc) is 1.98. The molecule has 0 aliphatic heterocycles. The monoisotopic (exact) mass is 231 g/mol. The second-order valence-electron chi connectivity index (χ2n) is 5.69. The Bertz CT molecular complexity index is 219. The van der Waals surface area contributed by atoms with Crippen molar-refractivity contribution >= 4 is 6.09 Å². The van der Waals surface area contributed by atoms with E-state index in [1.165, 1.54) is 0 Å². The zero-order valence-corrected chi connectivity index (χ0v) is 11.1. The van der Waals surface area contributed by atoms with Crippen molar-refractivity contribution in [1.29, 1.82) is 0 Å². The molecule has 0 unspecified atom stereocenters. The van der Waals surface area contributed by atoms with Gasteiger partial charge < -0.3 is 15.2 Å². The quantitative estimate of drug-likeness (QED) is 0.714. The summed E-state index contributed by atoms with van der Waals surface area (Å²) in [4.78, 5) is 11.5. The van der Waals surface area contributed by atoms with Gasteiger partial charge in [-0.3, -0.25) is 0 Å². The molecule has 0 aromatic rings. The molecule has 4 heteroatoms. The highest BCUT2D eigenvalue weighted by Crippen LogP contribution is 2.14. The third kappa shape index (κ3) is 8.53. The number of carbonyl (C=O) groups is 1. The van der Waals surface area contributed by atoms with Crippen LogP contribution < -0.4 is 5.32 Å². The van der Waals surface area contributed by atoms with Crippen molar-refractivity contribution in [2.45, 2.75) is 65.0 Å². The van der Waals surface area contributed by atoms with Crippen LogP contribution in [0, 0.1) is 0 Å². The minimum atomic E-state index is -0.467. The van der Waals surface area contributed by atoms with Crippen LogP contribution in [-0.2, 0) is 4.74 Å². The zero-order valence-electron chi connectivity index (χ0n) is 11.1. The van der Waals surface area contributed by atoms with Crippen LogP contribution in [0.5, 0.6) is 0 Å². The average molecular weight is 231 g/mol. The van der Waals surface area contributed by atoms with Crippen LogP contribution >= 0.6 is 0 Å². The lowest BCUT2D eigenvalue weighted by Crippen LogP contribution is -2.45. The van der Waals surface area contributed by atoms with Gasteiger partial charge in [0.1, 0.15) is 5.60 Å². The maximum Gasteiger partial charge on any atom is 0.408 e. The number of hydrogen-bond acceptors (Lipinski definition) is 3. The first-order chi connectivity index (χ1) is 7.16. The van der Waals surface area contributed by atoms with Crippen molar-refractivity contribution in [1.82, 2.24) is 5.32 Å². The number of unbranched alkanes of at least 4 members (excludes halogenated alkanes) is 1. The summed E-state index contributed by atoms with van der Waals surface area (Å²) >= 11 is 0. The number of ether oxygens (including phenoxy) is 1. The summed E-state index contributed by atoms with van der Waals surface area (Å²) in [6.45, 7) is 9.62. The van der Waals surface area contributed by atoms with Gasteiger partial charge in [0.15, 0.2) is 0 Å². The molecule has 96 valence electrons. The first kappa shape index (κ1) is 15.2. The maximum absolute atomic E-state index is 11.5. The molecule has 0 aliphatic rings. The second-order valence-corrected chi connectivity index (χ2v) is 5.69. The molecule has 0 heterocycles. The Morgan fingerprint density at radius 1 is 1.19 bits per heavy atom. The maximum atomic E-state index is 11.5. The summed E-state index contributed by atoms with van der Waals surface area (Å²) in [5.74, 6) is 0. The third-order valence-electron chi connectivity index (χ3n) is 2.05. The Kier molecular flexibility index (Phi) is 5.79. The fraction of sp³-hybridized carbons (Fsp3) is 0.917. The van der Waals surface area contributed by atoms with Gasteiger partial charge in [-0.2, -0.15) is 0 Å². The normalized spacial score (nSPS) is 12.4. The van der Waals surface area contributed by atoms with Crippen molar-refractivity contribution in [3.63, 3.8) is 0 Å². The second kappa shape index (κ2) is 6.09. The predicted octanol–water partition coefficient (Wildman–Crippen LogP) is 2.45. The van der Waals surface area contributed by atoms with Crippen LogP contribution in [0.15, 0.2) is 0 Å². The molecule has 0 aromatic carbocycles. The smallest absolute Gasteiger partial charge is 0.408 e. The first-order valence-corrected chi connectivity index (χ1v) is 5.78. The van der Waals surface area contributed by atoms with Crippen molar-refractivity contribution in [3.05, 3.63) is 0 Å². The van der Waals surface area contributed by atoms with Crippen LogP contribution in [0.4, 0.5) is 4.79 Å². The van der Waals surface area contributed by atoms with E-state index < -0.39 is 5.60 Å². The fourth-order valence-electron chi connectivity index (χ4n) is 1.32. The largest absolute Gasteiger partial charge is 0.444 e. The number of aliphatic hydroxyl groups excluding tert-OH is 1. The highest BCUT2D eigenvalue weighted by molar-refractivity contribution is 5.68. The molecule has 1 amide bonds. The van der Waals surface area contributed by atoms with Crippen LogP contribution in [0.1, 0.15) is 53.9 Å². The topological polar surface area (TPSA) is 58.6 Å². The highest BCUT2D eigenvalue weighted by atomic mass is 16.6. The summed E-state index contributed by atoms with van der Waals surface area (Å²) in [7, 11) is 0. The summed E-state index contributed by atoms with van der Waals surface area (Å²) in [6.07, 6.45) is 2.09. The number of hydrogen-bond donors (Lipinski definition) is 2. The molecular formula is C12H25NO3. The molecule has 0 rings (SSSR count). The van der Waals surface area contributed by atoms with Gasteiger partial charge in [-0.25, -0.2) is 4.79 Å². The molecular weight excluding hydrogens is 206 g/mol. The lowest BCUT2D eigenvalue weighted by atomic mass is 9.98. The first-order valence-electron chi connectivity index (χ1n) is 5.78. The number of nitrogens with one attached hydrogen (secondary N) is 1. The van der Waals surface area contributed by atoms with Crippen LogP contribution in [0.3, 0.4) is 0 Å². The van der Waals surface area contributed by atoms with Crippen molar-refractivity contribution < 1.29 is 14.6 Å². The van der Waals surface area contributed by atoms with E-state index in [1.54, 1.807) is 0 Å². The lowest BCUT2D eigenvalue weighted by Gasteiger charge is -2.28. The van der Waals surface area contributed by atoms with E-state index in [-0.39, 0.29) is 18.2 Å². The zero-order chi connectivity index (χ0) is 12.8. The number of rotatable bonds is 5. The van der Waals surface area contributed by atoms with Gasteiger partial charge in [-0.15, -0.1) is 0 Å². The molecule has 0 aliphatic carbocycles. The van der Waals surface area contributed by atoms with Crippen LogP contribution in [0.25, 0.3) is 0 Å². The lowest BCUT2D eigenvalue weighted by molar-refractivity contribution is 0.0466. The van der Waals surface area contributed by atoms with Crippen LogP contribution in [-0.4, -0.2) is 28.9 Å². The summed E-state index contributed by atoms with van der Waals surface area (Å²) in [6, 6.07) is 0. The van der Waals surface area contributed by atoms with Gasteiger partial charge in [0.2, 0.25) is 0 Å². The number of aliphatic hydroxyl groups is 1. The Hall–Kier alpha value is -0.770. The molecule has 4 nitrogen and oxygen atoms in total. The minimum Gasteiger partial charge on any atom is -0.444 e. The van der Waals surface area contributed by atoms with E-state index in [4.69, 9.17) is 9.84 Å². The van der Waals surface area contributed by atoms with Gasteiger partial charge >= 0.3 is 6.09 Å². The number of carbonyl (C=O) groups excluding carboxylic acids is 1. The molecule has 0 fully saturated rings. The predicted molar refractivity (Wildman–Crippen MR) is 64.4 cm³/mol. The molecule has 0 saturated heterocycles. The van der Waals surface area contributed by atoms with Crippen LogP contribution in [0.2, 0.25) is 0 Å². The fourth-order valence-corrected chi connectivity index (χ4v) is 1.32. The number of alkyl carbamates (subject to hydrolysis) is 1. The van der Waals surface area contributed by atoms with Gasteiger partial charge in [0, 0.05) is 12.1 Å². The standard InChI is InChI=1S/C12H25NO3/c1-11(2,3)16-10(15)13-12(4,5)8-6-7-9-14/h14H,6-9H2,1-5H3,(H,13,15). The molecule has 2 N–H and O–H groups in total. The molecule has 0 bridgehead atoms. The Morgan fingerprint density at radius 3 is 2.19 bits per heavy atom. The van der Waals surface area contributed by atoms with Gasteiger partial charge in [-0.1, -0.05) is 0 Å². The van der Waals surface area contributed by atoms with E-state index in [1.807, 2.05) is 34.6 Å². The van der Waals surface area contributed by atoms with Crippen molar-refractivity contribution in [3.8, 4) is 0 Å². The summed E-state index contributed by atoms with van der Waals surface area (Å²) < 4.78 is 5.18. The van der Waals surface area contributed by atoms with Gasteiger partial charge in [-0.05, 0) is 53.9 Å². The van der Waals surface area contributed by atoms with E-state index >= 15 is 0 Å². The Morgan fingerprint density at radius 2 is 1.75 bits per heavy atom. The molecule has 0 spiro atoms. The van der Waals surface area contributed by atoms with E-state index in [9.17, 15) is 4.79 Å². The summed E-state index contributed by atoms with van der Waals surface area (Å²) in [5.41, 5.74) is -0.761. The Labute approximate surface area is 98.4 Å². The minimum absolute atomic E-state index is 0.197. The van der Waals surface area contributed by atoms with E-state index in [0.29, 0.717) is 0 Å².